The van der Waals surface area contributed by atoms with E-state index in [9.17, 15) is 18.0 Å². The topological polar surface area (TPSA) is 38.7 Å². The van der Waals surface area contributed by atoms with Crippen LogP contribution in [0.1, 0.15) is 16.7 Å². The van der Waals surface area contributed by atoms with Gasteiger partial charge >= 0.3 is 12.1 Å². The molecule has 0 unspecified atom stereocenters. The molecule has 0 N–H and O–H groups in total. The van der Waals surface area contributed by atoms with E-state index in [1.165, 1.54) is 18.2 Å². The predicted octanol–water partition coefficient (Wildman–Crippen LogP) is 4.05. The van der Waals surface area contributed by atoms with Crippen molar-refractivity contribution in [1.29, 1.82) is 0 Å². The Labute approximate surface area is 129 Å². The van der Waals surface area contributed by atoms with Gasteiger partial charge in [-0.05, 0) is 29.8 Å². The molecule has 0 saturated carbocycles. The van der Waals surface area contributed by atoms with Crippen LogP contribution in [0.4, 0.5) is 13.2 Å². The quantitative estimate of drug-likeness (QED) is 0.619. The number of hydrogen-bond acceptors (Lipinski definition) is 3. The number of ether oxygens (including phenoxy) is 1. The summed E-state index contributed by atoms with van der Waals surface area (Å²) in [6, 6.07) is 13.6. The van der Waals surface area contributed by atoms with Crippen LogP contribution in [-0.2, 0) is 15.7 Å². The Morgan fingerprint density at radius 1 is 0.957 bits per heavy atom. The van der Waals surface area contributed by atoms with Crippen LogP contribution in [0.5, 0.6) is 0 Å². The minimum atomic E-state index is -4.51. The molecule has 2 aromatic carbocycles. The number of aliphatic imine (C=N–C) groups is 1. The standard InChI is InChI=1S/C17H10F3NO2/c18-17(19,20)13-9-5-4-8-12(13)10-14-16(22)23-15(21-14)11-6-2-1-3-7-11/h1-10H. The normalized spacial score (nSPS) is 16.4. The molecule has 23 heavy (non-hydrogen) atoms. The first-order chi connectivity index (χ1) is 10.9. The van der Waals surface area contributed by atoms with E-state index in [2.05, 4.69) is 4.99 Å². The van der Waals surface area contributed by atoms with Crippen molar-refractivity contribution in [3.63, 3.8) is 0 Å². The van der Waals surface area contributed by atoms with Crippen LogP contribution in [0.2, 0.25) is 0 Å². The van der Waals surface area contributed by atoms with E-state index in [0.29, 0.717) is 5.56 Å². The van der Waals surface area contributed by atoms with Crippen molar-refractivity contribution in [3.05, 3.63) is 77.0 Å². The second-order valence-electron chi connectivity index (χ2n) is 4.79. The number of esters is 1. The summed E-state index contributed by atoms with van der Waals surface area (Å²) in [6.07, 6.45) is -3.43. The zero-order valence-electron chi connectivity index (χ0n) is 11.7. The van der Waals surface area contributed by atoms with E-state index in [1.807, 2.05) is 0 Å². The van der Waals surface area contributed by atoms with Crippen LogP contribution in [0.25, 0.3) is 6.08 Å². The number of carbonyl (C=O) groups is 1. The van der Waals surface area contributed by atoms with Crippen molar-refractivity contribution in [1.82, 2.24) is 0 Å². The van der Waals surface area contributed by atoms with E-state index in [-0.39, 0.29) is 17.2 Å². The maximum atomic E-state index is 13.0. The zero-order valence-corrected chi connectivity index (χ0v) is 11.7. The molecule has 3 rings (SSSR count). The summed E-state index contributed by atoms with van der Waals surface area (Å²) in [7, 11) is 0. The summed E-state index contributed by atoms with van der Waals surface area (Å²) >= 11 is 0. The largest absolute Gasteiger partial charge is 0.416 e. The molecule has 116 valence electrons. The van der Waals surface area contributed by atoms with Gasteiger partial charge in [0.1, 0.15) is 0 Å². The summed E-state index contributed by atoms with van der Waals surface area (Å²) in [4.78, 5) is 15.8. The minimum absolute atomic E-state index is 0.0753. The maximum absolute atomic E-state index is 13.0. The lowest BCUT2D eigenvalue weighted by Crippen LogP contribution is -2.08. The van der Waals surface area contributed by atoms with E-state index in [4.69, 9.17) is 4.74 Å². The van der Waals surface area contributed by atoms with Crippen LogP contribution in [0.15, 0.2) is 65.3 Å². The van der Waals surface area contributed by atoms with E-state index in [1.54, 1.807) is 30.3 Å². The first-order valence-corrected chi connectivity index (χ1v) is 6.69. The molecule has 0 amide bonds. The summed E-state index contributed by atoms with van der Waals surface area (Å²) < 4.78 is 44.0. The Hall–Kier alpha value is -2.89. The Bertz CT molecular complexity index is 808. The molecular weight excluding hydrogens is 307 g/mol. The Kier molecular flexibility index (Phi) is 3.73. The fourth-order valence-corrected chi connectivity index (χ4v) is 2.14. The van der Waals surface area contributed by atoms with E-state index >= 15 is 0 Å². The monoisotopic (exact) mass is 317 g/mol. The predicted molar refractivity (Wildman–Crippen MR) is 78.5 cm³/mol. The van der Waals surface area contributed by atoms with Gasteiger partial charge in [0.25, 0.3) is 0 Å². The molecule has 0 spiro atoms. The molecule has 0 radical (unpaired) electrons. The number of rotatable bonds is 2. The number of hydrogen-bond donors (Lipinski definition) is 0. The highest BCUT2D eigenvalue weighted by Crippen LogP contribution is 2.33. The molecule has 1 aliphatic heterocycles. The van der Waals surface area contributed by atoms with E-state index < -0.39 is 17.7 Å². The molecule has 1 heterocycles. The summed E-state index contributed by atoms with van der Waals surface area (Å²) in [5.74, 6) is -0.702. The molecule has 0 atom stereocenters. The van der Waals surface area contributed by atoms with Gasteiger partial charge in [0.05, 0.1) is 5.56 Å². The molecule has 3 nitrogen and oxygen atoms in total. The summed E-state index contributed by atoms with van der Waals surface area (Å²) in [5.41, 5.74) is -0.553. The third-order valence-corrected chi connectivity index (χ3v) is 3.20. The van der Waals surface area contributed by atoms with Crippen molar-refractivity contribution < 1.29 is 22.7 Å². The zero-order chi connectivity index (χ0) is 16.4. The van der Waals surface area contributed by atoms with Crippen LogP contribution in [-0.4, -0.2) is 11.9 Å². The van der Waals surface area contributed by atoms with Gasteiger partial charge in [-0.1, -0.05) is 36.4 Å². The van der Waals surface area contributed by atoms with Crippen molar-refractivity contribution in [2.75, 3.05) is 0 Å². The summed E-state index contributed by atoms with van der Waals surface area (Å²) in [5, 5.41) is 0. The van der Waals surface area contributed by atoms with Gasteiger partial charge in [-0.25, -0.2) is 9.79 Å². The molecular formula is C17H10F3NO2. The molecule has 1 aliphatic rings. The molecule has 0 bridgehead atoms. The third kappa shape index (κ3) is 3.15. The molecule has 2 aromatic rings. The fourth-order valence-electron chi connectivity index (χ4n) is 2.14. The van der Waals surface area contributed by atoms with Crippen LogP contribution >= 0.6 is 0 Å². The van der Waals surface area contributed by atoms with Gasteiger partial charge in [0.2, 0.25) is 5.90 Å². The maximum Gasteiger partial charge on any atom is 0.416 e. The number of benzene rings is 2. The lowest BCUT2D eigenvalue weighted by Gasteiger charge is -2.09. The Balaban J connectivity index is 2.01. The molecule has 0 fully saturated rings. The van der Waals surface area contributed by atoms with Gasteiger partial charge in [0.15, 0.2) is 5.70 Å². The number of cyclic esters (lactones) is 1. The van der Waals surface area contributed by atoms with Crippen LogP contribution in [0.3, 0.4) is 0 Å². The third-order valence-electron chi connectivity index (χ3n) is 3.20. The average molecular weight is 317 g/mol. The van der Waals surface area contributed by atoms with Crippen LogP contribution < -0.4 is 0 Å². The number of nitrogens with zero attached hydrogens (tertiary/aromatic N) is 1. The highest BCUT2D eigenvalue weighted by atomic mass is 19.4. The SMILES string of the molecule is O=C1OC(c2ccccc2)=NC1=Cc1ccccc1C(F)(F)F. The molecule has 6 heteroatoms. The highest BCUT2D eigenvalue weighted by Gasteiger charge is 2.33. The molecule has 0 aromatic heterocycles. The lowest BCUT2D eigenvalue weighted by molar-refractivity contribution is -0.137. The molecule has 0 aliphatic carbocycles. The van der Waals surface area contributed by atoms with Crippen molar-refractivity contribution >= 4 is 17.9 Å². The number of halogens is 3. The molecule has 0 saturated heterocycles. The van der Waals surface area contributed by atoms with Crippen molar-refractivity contribution in [3.8, 4) is 0 Å². The smallest absolute Gasteiger partial charge is 0.402 e. The fraction of sp³-hybridized carbons (Fsp3) is 0.0588. The average Bonchev–Trinajstić information content (AvgIpc) is 2.89. The van der Waals surface area contributed by atoms with E-state index in [0.717, 1.165) is 12.1 Å². The van der Waals surface area contributed by atoms with Gasteiger partial charge < -0.3 is 4.74 Å². The van der Waals surface area contributed by atoms with Gasteiger partial charge in [-0.2, -0.15) is 13.2 Å². The number of alkyl halides is 3. The second-order valence-corrected chi connectivity index (χ2v) is 4.79. The minimum Gasteiger partial charge on any atom is -0.402 e. The van der Waals surface area contributed by atoms with Crippen molar-refractivity contribution in [2.45, 2.75) is 6.18 Å². The lowest BCUT2D eigenvalue weighted by atomic mass is 10.1. The second kappa shape index (κ2) is 5.72. The first kappa shape index (κ1) is 15.0. The number of carbonyl (C=O) groups excluding carboxylic acids is 1. The van der Waals surface area contributed by atoms with Gasteiger partial charge in [-0.15, -0.1) is 0 Å². The summed E-state index contributed by atoms with van der Waals surface area (Å²) in [6.45, 7) is 0. The van der Waals surface area contributed by atoms with Gasteiger partial charge in [0, 0.05) is 5.56 Å². The van der Waals surface area contributed by atoms with Crippen LogP contribution in [0, 0.1) is 0 Å². The first-order valence-electron chi connectivity index (χ1n) is 6.69. The Morgan fingerprint density at radius 3 is 2.30 bits per heavy atom. The van der Waals surface area contributed by atoms with Gasteiger partial charge in [-0.3, -0.25) is 0 Å². The van der Waals surface area contributed by atoms with Crippen molar-refractivity contribution in [2.24, 2.45) is 4.99 Å². The highest BCUT2D eigenvalue weighted by molar-refractivity contribution is 6.12. The Morgan fingerprint density at radius 2 is 1.61 bits per heavy atom.